The lowest BCUT2D eigenvalue weighted by Crippen LogP contribution is -2.11. The third-order valence-corrected chi connectivity index (χ3v) is 5.73. The summed E-state index contributed by atoms with van der Waals surface area (Å²) in [6.07, 6.45) is 0. The molecule has 0 aliphatic carbocycles. The fourth-order valence-electron chi connectivity index (χ4n) is 3.80. The highest BCUT2D eigenvalue weighted by molar-refractivity contribution is 6.32. The van der Waals surface area contributed by atoms with Crippen LogP contribution in [0.3, 0.4) is 0 Å². The number of nitro benzene ring substituents is 1. The van der Waals surface area contributed by atoms with Crippen LogP contribution in [0, 0.1) is 17.0 Å². The highest BCUT2D eigenvalue weighted by atomic mass is 35.5. The van der Waals surface area contributed by atoms with Gasteiger partial charge in [0.05, 0.1) is 38.0 Å². The number of hydrogen-bond acceptors (Lipinski definition) is 6. The predicted octanol–water partition coefficient (Wildman–Crippen LogP) is 6.18. The van der Waals surface area contributed by atoms with Gasteiger partial charge < -0.3 is 4.74 Å². The van der Waals surface area contributed by atoms with Crippen LogP contribution in [0.15, 0.2) is 84.9 Å². The normalized spacial score (nSPS) is 10.9. The van der Waals surface area contributed by atoms with Gasteiger partial charge in [-0.15, -0.1) is 0 Å². The predicted molar refractivity (Wildman–Crippen MR) is 132 cm³/mol. The Hall–Kier alpha value is -4.56. The van der Waals surface area contributed by atoms with Crippen LogP contribution in [0.4, 0.5) is 5.69 Å². The summed E-state index contributed by atoms with van der Waals surface area (Å²) in [5.41, 5.74) is 3.32. The van der Waals surface area contributed by atoms with Crippen LogP contribution in [0.25, 0.3) is 28.0 Å². The van der Waals surface area contributed by atoms with E-state index in [0.29, 0.717) is 22.4 Å². The summed E-state index contributed by atoms with van der Waals surface area (Å²) in [7, 11) is 0. The van der Waals surface area contributed by atoms with E-state index >= 15 is 0 Å². The molecule has 0 amide bonds. The lowest BCUT2D eigenvalue weighted by molar-refractivity contribution is -0.384. The van der Waals surface area contributed by atoms with Crippen molar-refractivity contribution in [2.75, 3.05) is 0 Å². The number of ether oxygens (including phenoxy) is 1. The number of aryl methyl sites for hydroxylation is 1. The van der Waals surface area contributed by atoms with Crippen molar-refractivity contribution in [3.05, 3.63) is 111 Å². The van der Waals surface area contributed by atoms with Crippen LogP contribution in [-0.2, 0) is 0 Å². The fraction of sp³-hybridized carbons (Fsp3) is 0.0385. The maximum Gasteiger partial charge on any atom is 0.344 e. The summed E-state index contributed by atoms with van der Waals surface area (Å²) < 4.78 is 7.26. The van der Waals surface area contributed by atoms with Crippen LogP contribution in [-0.4, -0.2) is 25.7 Å². The molecule has 0 saturated heterocycles. The highest BCUT2D eigenvalue weighted by Crippen LogP contribution is 2.32. The topological polar surface area (TPSA) is 100 Å². The maximum atomic E-state index is 13.4. The van der Waals surface area contributed by atoms with Gasteiger partial charge in [-0.25, -0.2) is 14.5 Å². The molecule has 0 radical (unpaired) electrons. The van der Waals surface area contributed by atoms with Gasteiger partial charge >= 0.3 is 5.97 Å². The van der Waals surface area contributed by atoms with E-state index in [9.17, 15) is 14.9 Å². The van der Waals surface area contributed by atoms with Gasteiger partial charge in [0.1, 0.15) is 5.75 Å². The summed E-state index contributed by atoms with van der Waals surface area (Å²) in [6.45, 7) is 1.79. The Bertz CT molecular complexity index is 1580. The molecular weight excluding hydrogens is 468 g/mol. The summed E-state index contributed by atoms with van der Waals surface area (Å²) in [4.78, 5) is 28.7. The number of nitrogens with zero attached hydrogens (tertiary/aromatic N) is 4. The van der Waals surface area contributed by atoms with Crippen molar-refractivity contribution >= 4 is 34.3 Å². The van der Waals surface area contributed by atoms with E-state index in [1.807, 2.05) is 60.7 Å². The molecule has 0 aliphatic rings. The second kappa shape index (κ2) is 9.00. The van der Waals surface area contributed by atoms with Gasteiger partial charge in [0.15, 0.2) is 5.65 Å². The smallest absolute Gasteiger partial charge is 0.344 e. The molecule has 0 spiro atoms. The maximum absolute atomic E-state index is 13.4. The third kappa shape index (κ3) is 4.22. The molecule has 35 heavy (non-hydrogen) atoms. The first-order chi connectivity index (χ1) is 16.9. The number of benzene rings is 3. The number of para-hydroxylation sites is 1. The van der Waals surface area contributed by atoms with E-state index in [1.54, 1.807) is 17.7 Å². The molecule has 2 heterocycles. The van der Waals surface area contributed by atoms with Gasteiger partial charge in [-0.2, -0.15) is 5.10 Å². The van der Waals surface area contributed by atoms with Crippen molar-refractivity contribution in [3.63, 3.8) is 0 Å². The first-order valence-corrected chi connectivity index (χ1v) is 11.0. The molecule has 172 valence electrons. The van der Waals surface area contributed by atoms with Crippen LogP contribution < -0.4 is 4.74 Å². The monoisotopic (exact) mass is 484 g/mol. The van der Waals surface area contributed by atoms with Crippen LogP contribution in [0.2, 0.25) is 5.02 Å². The second-order valence-electron chi connectivity index (χ2n) is 7.71. The Labute approximate surface area is 204 Å². The Morgan fingerprint density at radius 2 is 1.69 bits per heavy atom. The molecule has 9 heteroatoms. The van der Waals surface area contributed by atoms with E-state index in [2.05, 4.69) is 5.10 Å². The Morgan fingerprint density at radius 1 is 1.00 bits per heavy atom. The summed E-state index contributed by atoms with van der Waals surface area (Å²) in [5, 5.41) is 16.1. The molecule has 5 aromatic rings. The number of pyridine rings is 1. The molecule has 0 N–H and O–H groups in total. The number of nitro groups is 1. The largest absolute Gasteiger partial charge is 0.421 e. The molecule has 0 fully saturated rings. The first-order valence-electron chi connectivity index (χ1n) is 10.6. The molecule has 0 bridgehead atoms. The third-order valence-electron chi connectivity index (χ3n) is 5.43. The van der Waals surface area contributed by atoms with Crippen molar-refractivity contribution < 1.29 is 14.5 Å². The highest BCUT2D eigenvalue weighted by Gasteiger charge is 2.23. The van der Waals surface area contributed by atoms with Crippen molar-refractivity contribution in [2.24, 2.45) is 0 Å². The zero-order valence-electron chi connectivity index (χ0n) is 18.4. The Morgan fingerprint density at radius 3 is 2.34 bits per heavy atom. The minimum atomic E-state index is -0.680. The van der Waals surface area contributed by atoms with Gasteiger partial charge in [-0.3, -0.25) is 10.1 Å². The molecule has 0 unspecified atom stereocenters. The number of hydrogen-bond donors (Lipinski definition) is 0. The molecule has 0 saturated carbocycles. The minimum absolute atomic E-state index is 0.0154. The fourth-order valence-corrected chi connectivity index (χ4v) is 4.01. The number of carbonyl (C=O) groups is 1. The number of aromatic nitrogens is 3. The van der Waals surface area contributed by atoms with Crippen LogP contribution >= 0.6 is 11.6 Å². The Balaban J connectivity index is 1.67. The van der Waals surface area contributed by atoms with Crippen molar-refractivity contribution in [2.45, 2.75) is 6.92 Å². The average Bonchev–Trinajstić information content (AvgIpc) is 3.22. The van der Waals surface area contributed by atoms with Gasteiger partial charge in [0.25, 0.3) is 5.69 Å². The van der Waals surface area contributed by atoms with Crippen molar-refractivity contribution in [3.8, 4) is 22.7 Å². The summed E-state index contributed by atoms with van der Waals surface area (Å²) >= 11 is 6.16. The standard InChI is InChI=1S/C26H17ClN4O4/c1-16-24-20(26(32)35-23-13-12-19(31(33)34)14-21(23)27)15-22(17-8-4-2-5-9-17)28-25(24)30(29-16)18-10-6-3-7-11-18/h2-15H,1H3. The van der Waals surface area contributed by atoms with Crippen molar-refractivity contribution in [1.29, 1.82) is 0 Å². The molecule has 0 aliphatic heterocycles. The number of esters is 1. The zero-order chi connectivity index (χ0) is 24.5. The molecular formula is C26H17ClN4O4. The molecule has 5 rings (SSSR count). The number of halogens is 1. The van der Waals surface area contributed by atoms with E-state index < -0.39 is 10.9 Å². The second-order valence-corrected chi connectivity index (χ2v) is 8.12. The van der Waals surface area contributed by atoms with E-state index in [-0.39, 0.29) is 22.0 Å². The van der Waals surface area contributed by atoms with Gasteiger partial charge in [0, 0.05) is 17.7 Å². The van der Waals surface area contributed by atoms with E-state index in [4.69, 9.17) is 21.3 Å². The molecule has 0 atom stereocenters. The average molecular weight is 485 g/mol. The SMILES string of the molecule is Cc1nn(-c2ccccc2)c2nc(-c3ccccc3)cc(C(=O)Oc3ccc([N+](=O)[O-])cc3Cl)c12. The molecule has 8 nitrogen and oxygen atoms in total. The number of non-ortho nitro benzene ring substituents is 1. The van der Waals surface area contributed by atoms with Crippen LogP contribution in [0.5, 0.6) is 5.75 Å². The number of rotatable bonds is 5. The van der Waals surface area contributed by atoms with E-state index in [1.165, 1.54) is 12.1 Å². The van der Waals surface area contributed by atoms with Crippen LogP contribution in [0.1, 0.15) is 16.1 Å². The van der Waals surface area contributed by atoms with Gasteiger partial charge in [0.2, 0.25) is 0 Å². The van der Waals surface area contributed by atoms with Crippen molar-refractivity contribution in [1.82, 2.24) is 14.8 Å². The Kier molecular flexibility index (Phi) is 5.72. The molecule has 3 aromatic carbocycles. The number of fused-ring (bicyclic) bond motifs is 1. The number of carbonyl (C=O) groups excluding carboxylic acids is 1. The lowest BCUT2D eigenvalue weighted by atomic mass is 10.1. The summed E-state index contributed by atoms with van der Waals surface area (Å²) in [6, 6.07) is 24.3. The minimum Gasteiger partial charge on any atom is -0.421 e. The summed E-state index contributed by atoms with van der Waals surface area (Å²) in [5.74, 6) is -0.664. The van der Waals surface area contributed by atoms with Gasteiger partial charge in [-0.1, -0.05) is 60.1 Å². The van der Waals surface area contributed by atoms with E-state index in [0.717, 1.165) is 17.3 Å². The first kappa shape index (κ1) is 22.2. The zero-order valence-corrected chi connectivity index (χ0v) is 19.1. The quantitative estimate of drug-likeness (QED) is 0.128. The van der Waals surface area contributed by atoms with Gasteiger partial charge in [-0.05, 0) is 31.2 Å². The molecule has 2 aromatic heterocycles. The lowest BCUT2D eigenvalue weighted by Gasteiger charge is -2.10.